The zero-order valence-corrected chi connectivity index (χ0v) is 5.97. The second-order valence-electron chi connectivity index (χ2n) is 2.11. The molecule has 2 N–H and O–H groups in total. The van der Waals surface area contributed by atoms with E-state index in [4.69, 9.17) is 5.73 Å². The fourth-order valence-corrected chi connectivity index (χ4v) is 0.620. The smallest absolute Gasteiger partial charge is 0.325 e. The van der Waals surface area contributed by atoms with Crippen LogP contribution < -0.4 is 5.73 Å². The monoisotopic (exact) mass is 177 g/mol. The van der Waals surface area contributed by atoms with Crippen molar-refractivity contribution in [3.05, 3.63) is 23.5 Å². The van der Waals surface area contributed by atoms with Crippen molar-refractivity contribution in [2.45, 2.75) is 12.7 Å². The Morgan fingerprint density at radius 1 is 1.25 bits per heavy atom. The summed E-state index contributed by atoms with van der Waals surface area (Å²) in [6, 6.07) is 2.06. The molecule has 66 valence electrons. The van der Waals surface area contributed by atoms with Gasteiger partial charge in [-0.05, 0) is 12.1 Å². The number of hydrogen-bond acceptors (Lipinski definition) is 3. The van der Waals surface area contributed by atoms with E-state index in [-0.39, 0.29) is 6.54 Å². The highest BCUT2D eigenvalue weighted by Crippen LogP contribution is 2.26. The lowest BCUT2D eigenvalue weighted by Crippen LogP contribution is -2.10. The summed E-state index contributed by atoms with van der Waals surface area (Å²) in [6.07, 6.45) is -4.43. The zero-order chi connectivity index (χ0) is 9.19. The molecule has 0 fully saturated rings. The Morgan fingerprint density at radius 2 is 1.92 bits per heavy atom. The van der Waals surface area contributed by atoms with Crippen LogP contribution in [0.15, 0.2) is 12.1 Å². The number of nitrogens with zero attached hydrogens (tertiary/aromatic N) is 2. The number of nitrogens with two attached hydrogens (primary N) is 1. The fraction of sp³-hybridized carbons (Fsp3) is 0.333. The quantitative estimate of drug-likeness (QED) is 0.694. The summed E-state index contributed by atoms with van der Waals surface area (Å²) in [6.45, 7) is 0.0884. The average molecular weight is 177 g/mol. The van der Waals surface area contributed by atoms with Gasteiger partial charge in [-0.3, -0.25) is 0 Å². The Kier molecular flexibility index (Phi) is 2.27. The van der Waals surface area contributed by atoms with Crippen LogP contribution in [0.2, 0.25) is 0 Å². The van der Waals surface area contributed by atoms with Gasteiger partial charge in [0.05, 0.1) is 5.69 Å². The lowest BCUT2D eigenvalue weighted by molar-refractivity contribution is -0.141. The predicted octanol–water partition coefficient (Wildman–Crippen LogP) is 0.954. The summed E-state index contributed by atoms with van der Waals surface area (Å²) in [5, 5.41) is 6.23. The first kappa shape index (κ1) is 8.92. The van der Waals surface area contributed by atoms with Gasteiger partial charge >= 0.3 is 6.18 Å². The van der Waals surface area contributed by atoms with Gasteiger partial charge in [0.2, 0.25) is 0 Å². The summed E-state index contributed by atoms with van der Waals surface area (Å²) in [5.74, 6) is 0. The molecule has 0 amide bonds. The minimum Gasteiger partial charge on any atom is -0.325 e. The highest BCUT2D eigenvalue weighted by molar-refractivity contribution is 5.08. The topological polar surface area (TPSA) is 51.8 Å². The third-order valence-electron chi connectivity index (χ3n) is 1.22. The van der Waals surface area contributed by atoms with Gasteiger partial charge in [-0.1, -0.05) is 0 Å². The fourth-order valence-electron chi connectivity index (χ4n) is 0.620. The van der Waals surface area contributed by atoms with Gasteiger partial charge in [-0.2, -0.15) is 18.3 Å². The first-order valence-electron chi connectivity index (χ1n) is 3.14. The normalized spacial score (nSPS) is 11.7. The molecule has 1 aromatic rings. The van der Waals surface area contributed by atoms with Crippen LogP contribution in [0.3, 0.4) is 0 Å². The number of aromatic nitrogens is 2. The van der Waals surface area contributed by atoms with Crippen molar-refractivity contribution >= 4 is 0 Å². The van der Waals surface area contributed by atoms with Crippen molar-refractivity contribution in [3.8, 4) is 0 Å². The SMILES string of the molecule is NCc1ccc(C(F)(F)F)nn1. The number of rotatable bonds is 1. The van der Waals surface area contributed by atoms with E-state index in [9.17, 15) is 13.2 Å². The average Bonchev–Trinajstić information content (AvgIpc) is 2.03. The molecule has 1 heterocycles. The molecule has 0 aliphatic carbocycles. The van der Waals surface area contributed by atoms with Gasteiger partial charge in [0.1, 0.15) is 0 Å². The van der Waals surface area contributed by atoms with Crippen molar-refractivity contribution in [1.82, 2.24) is 10.2 Å². The number of hydrogen-bond donors (Lipinski definition) is 1. The van der Waals surface area contributed by atoms with Crippen LogP contribution in [0.4, 0.5) is 13.2 Å². The molecule has 0 unspecified atom stereocenters. The number of alkyl halides is 3. The summed E-state index contributed by atoms with van der Waals surface area (Å²) in [4.78, 5) is 0. The third kappa shape index (κ3) is 1.91. The Labute approximate surface area is 66.4 Å². The Bertz CT molecular complexity index is 254. The van der Waals surface area contributed by atoms with E-state index in [0.29, 0.717) is 5.69 Å². The van der Waals surface area contributed by atoms with E-state index < -0.39 is 11.9 Å². The van der Waals surface area contributed by atoms with Gasteiger partial charge in [-0.25, -0.2) is 0 Å². The van der Waals surface area contributed by atoms with Gasteiger partial charge in [0.15, 0.2) is 5.69 Å². The van der Waals surface area contributed by atoms with E-state index >= 15 is 0 Å². The van der Waals surface area contributed by atoms with Crippen molar-refractivity contribution in [1.29, 1.82) is 0 Å². The molecule has 1 rings (SSSR count). The molecule has 0 radical (unpaired) electrons. The number of halogens is 3. The maximum absolute atomic E-state index is 11.9. The zero-order valence-electron chi connectivity index (χ0n) is 5.97. The van der Waals surface area contributed by atoms with Crippen molar-refractivity contribution < 1.29 is 13.2 Å². The van der Waals surface area contributed by atoms with Gasteiger partial charge < -0.3 is 5.73 Å². The summed E-state index contributed by atoms with van der Waals surface area (Å²) < 4.78 is 35.7. The summed E-state index contributed by atoms with van der Waals surface area (Å²) >= 11 is 0. The van der Waals surface area contributed by atoms with Gasteiger partial charge in [0, 0.05) is 6.54 Å². The molecular weight excluding hydrogens is 171 g/mol. The van der Waals surface area contributed by atoms with Crippen molar-refractivity contribution in [2.75, 3.05) is 0 Å². The molecular formula is C6H6F3N3. The Morgan fingerprint density at radius 3 is 2.25 bits per heavy atom. The molecule has 3 nitrogen and oxygen atoms in total. The van der Waals surface area contributed by atoms with E-state index in [0.717, 1.165) is 6.07 Å². The van der Waals surface area contributed by atoms with Crippen molar-refractivity contribution in [2.24, 2.45) is 5.73 Å². The largest absolute Gasteiger partial charge is 0.435 e. The van der Waals surface area contributed by atoms with E-state index in [1.807, 2.05) is 0 Å². The van der Waals surface area contributed by atoms with Crippen LogP contribution in [-0.4, -0.2) is 10.2 Å². The van der Waals surface area contributed by atoms with Crippen molar-refractivity contribution in [3.63, 3.8) is 0 Å². The molecule has 0 aliphatic rings. The third-order valence-corrected chi connectivity index (χ3v) is 1.22. The molecule has 0 aliphatic heterocycles. The molecule has 0 aromatic carbocycles. The maximum Gasteiger partial charge on any atom is 0.435 e. The predicted molar refractivity (Wildman–Crippen MR) is 34.9 cm³/mol. The van der Waals surface area contributed by atoms with Gasteiger partial charge in [0.25, 0.3) is 0 Å². The molecule has 0 spiro atoms. The molecule has 0 saturated carbocycles. The van der Waals surface area contributed by atoms with E-state index in [1.165, 1.54) is 6.07 Å². The van der Waals surface area contributed by atoms with Gasteiger partial charge in [-0.15, -0.1) is 5.10 Å². The molecule has 12 heavy (non-hydrogen) atoms. The van der Waals surface area contributed by atoms with Crippen LogP contribution >= 0.6 is 0 Å². The first-order chi connectivity index (χ1) is 5.54. The highest BCUT2D eigenvalue weighted by atomic mass is 19.4. The highest BCUT2D eigenvalue weighted by Gasteiger charge is 2.32. The Hall–Kier alpha value is -1.17. The van der Waals surface area contributed by atoms with Crippen LogP contribution in [0.5, 0.6) is 0 Å². The lowest BCUT2D eigenvalue weighted by atomic mass is 10.3. The second-order valence-corrected chi connectivity index (χ2v) is 2.11. The minimum absolute atomic E-state index is 0.0884. The second kappa shape index (κ2) is 3.06. The first-order valence-corrected chi connectivity index (χ1v) is 3.14. The van der Waals surface area contributed by atoms with Crippen LogP contribution in [0, 0.1) is 0 Å². The Balaban J connectivity index is 2.93. The summed E-state index contributed by atoms with van der Waals surface area (Å²) in [7, 11) is 0. The van der Waals surface area contributed by atoms with Crippen LogP contribution in [0.1, 0.15) is 11.4 Å². The van der Waals surface area contributed by atoms with Crippen LogP contribution in [-0.2, 0) is 12.7 Å². The minimum atomic E-state index is -4.43. The standard InChI is InChI=1S/C6H6F3N3/c7-6(8,9)5-2-1-4(3-10)11-12-5/h1-2H,3,10H2. The molecule has 6 heteroatoms. The molecule has 0 atom stereocenters. The van der Waals surface area contributed by atoms with E-state index in [1.54, 1.807) is 0 Å². The molecule has 0 bridgehead atoms. The lowest BCUT2D eigenvalue weighted by Gasteiger charge is -2.03. The van der Waals surface area contributed by atoms with E-state index in [2.05, 4.69) is 10.2 Å². The summed E-state index contributed by atoms with van der Waals surface area (Å²) in [5.41, 5.74) is 4.46. The maximum atomic E-state index is 11.9. The molecule has 0 saturated heterocycles. The van der Waals surface area contributed by atoms with Crippen LogP contribution in [0.25, 0.3) is 0 Å². The molecule has 1 aromatic heterocycles.